The van der Waals surface area contributed by atoms with E-state index in [-0.39, 0.29) is 23.9 Å². The Hall–Kier alpha value is -1.06. The zero-order valence-corrected chi connectivity index (χ0v) is 9.46. The Morgan fingerprint density at radius 2 is 1.64 bits per heavy atom. The first kappa shape index (κ1) is 12.9. The number of ether oxygens (including phenoxy) is 1. The van der Waals surface area contributed by atoms with Crippen LogP contribution in [0, 0.1) is 5.92 Å². The van der Waals surface area contributed by atoms with Crippen molar-refractivity contribution < 1.29 is 14.3 Å². The molecule has 1 N–H and O–H groups in total. The summed E-state index contributed by atoms with van der Waals surface area (Å²) in [4.78, 5) is 22.3. The van der Waals surface area contributed by atoms with Crippen LogP contribution in [0.3, 0.4) is 0 Å². The predicted molar refractivity (Wildman–Crippen MR) is 53.7 cm³/mol. The van der Waals surface area contributed by atoms with Gasteiger partial charge in [0.05, 0.1) is 6.10 Å². The third-order valence-corrected chi connectivity index (χ3v) is 1.63. The van der Waals surface area contributed by atoms with Crippen molar-refractivity contribution in [2.75, 3.05) is 0 Å². The van der Waals surface area contributed by atoms with Crippen LogP contribution in [-0.2, 0) is 14.3 Å². The second-order valence-electron chi connectivity index (χ2n) is 3.91. The van der Waals surface area contributed by atoms with Crippen molar-refractivity contribution >= 4 is 11.9 Å². The van der Waals surface area contributed by atoms with Gasteiger partial charge in [-0.3, -0.25) is 4.79 Å². The van der Waals surface area contributed by atoms with E-state index in [2.05, 4.69) is 5.32 Å². The van der Waals surface area contributed by atoms with E-state index >= 15 is 0 Å². The molecule has 0 aromatic carbocycles. The summed E-state index contributed by atoms with van der Waals surface area (Å²) in [6, 6.07) is -0.546. The summed E-state index contributed by atoms with van der Waals surface area (Å²) in [6.45, 7) is 8.68. The number of amides is 1. The van der Waals surface area contributed by atoms with Gasteiger partial charge in [0.25, 0.3) is 0 Å². The van der Waals surface area contributed by atoms with Crippen molar-refractivity contribution in [3.05, 3.63) is 0 Å². The van der Waals surface area contributed by atoms with Crippen LogP contribution >= 0.6 is 0 Å². The molecule has 0 aliphatic rings. The molecule has 4 nitrogen and oxygen atoms in total. The van der Waals surface area contributed by atoms with Gasteiger partial charge in [-0.2, -0.15) is 0 Å². The van der Waals surface area contributed by atoms with Crippen LogP contribution in [-0.4, -0.2) is 24.0 Å². The molecule has 1 unspecified atom stereocenters. The van der Waals surface area contributed by atoms with Crippen LogP contribution in [0.15, 0.2) is 0 Å². The average molecular weight is 201 g/mol. The smallest absolute Gasteiger partial charge is 0.329 e. The van der Waals surface area contributed by atoms with Crippen molar-refractivity contribution in [2.45, 2.75) is 46.8 Å². The molecule has 14 heavy (non-hydrogen) atoms. The van der Waals surface area contributed by atoms with E-state index in [4.69, 9.17) is 4.74 Å². The summed E-state index contributed by atoms with van der Waals surface area (Å²) in [7, 11) is 0. The van der Waals surface area contributed by atoms with Crippen LogP contribution in [0.4, 0.5) is 0 Å². The maximum atomic E-state index is 11.5. The lowest BCUT2D eigenvalue weighted by molar-refractivity contribution is -0.152. The number of carbonyl (C=O) groups excluding carboxylic acids is 2. The molecule has 0 fully saturated rings. The molecule has 0 bridgehead atoms. The van der Waals surface area contributed by atoms with Crippen LogP contribution in [0.1, 0.15) is 34.6 Å². The van der Waals surface area contributed by atoms with Gasteiger partial charge in [-0.05, 0) is 19.8 Å². The molecule has 1 atom stereocenters. The number of hydrogen-bond donors (Lipinski definition) is 1. The standard InChI is InChI=1S/C10H19NO3/c1-6(2)9(11-8(5)12)10(13)14-7(3)4/h6-7,9H,1-5H3,(H,11,12). The highest BCUT2D eigenvalue weighted by Gasteiger charge is 2.24. The quantitative estimate of drug-likeness (QED) is 0.693. The van der Waals surface area contributed by atoms with Gasteiger partial charge < -0.3 is 10.1 Å². The highest BCUT2D eigenvalue weighted by molar-refractivity contribution is 5.83. The SMILES string of the molecule is CC(=O)NC(C(=O)OC(C)C)C(C)C. The maximum absolute atomic E-state index is 11.5. The molecule has 0 heterocycles. The average Bonchev–Trinajstić information content (AvgIpc) is 1.97. The fourth-order valence-corrected chi connectivity index (χ4v) is 1.02. The minimum Gasteiger partial charge on any atom is -0.461 e. The number of esters is 1. The molecular formula is C10H19NO3. The van der Waals surface area contributed by atoms with Gasteiger partial charge >= 0.3 is 5.97 Å². The number of rotatable bonds is 4. The molecule has 0 radical (unpaired) electrons. The minimum atomic E-state index is -0.546. The summed E-state index contributed by atoms with van der Waals surface area (Å²) in [5.41, 5.74) is 0. The van der Waals surface area contributed by atoms with E-state index in [0.29, 0.717) is 0 Å². The van der Waals surface area contributed by atoms with Crippen LogP contribution in [0.25, 0.3) is 0 Å². The summed E-state index contributed by atoms with van der Waals surface area (Å²) in [5.74, 6) is -0.556. The van der Waals surface area contributed by atoms with E-state index in [1.807, 2.05) is 13.8 Å². The van der Waals surface area contributed by atoms with E-state index < -0.39 is 6.04 Å². The monoisotopic (exact) mass is 201 g/mol. The molecule has 82 valence electrons. The molecule has 0 aliphatic carbocycles. The van der Waals surface area contributed by atoms with Gasteiger partial charge in [0.15, 0.2) is 0 Å². The maximum Gasteiger partial charge on any atom is 0.329 e. The van der Waals surface area contributed by atoms with E-state index in [0.717, 1.165) is 0 Å². The fourth-order valence-electron chi connectivity index (χ4n) is 1.02. The summed E-state index contributed by atoms with van der Waals surface area (Å²) < 4.78 is 5.02. The van der Waals surface area contributed by atoms with Gasteiger partial charge in [-0.15, -0.1) is 0 Å². The molecular weight excluding hydrogens is 182 g/mol. The lowest BCUT2D eigenvalue weighted by Gasteiger charge is -2.21. The molecule has 1 amide bonds. The van der Waals surface area contributed by atoms with E-state index in [1.54, 1.807) is 13.8 Å². The van der Waals surface area contributed by atoms with Gasteiger partial charge in [0.1, 0.15) is 6.04 Å². The Balaban J connectivity index is 4.33. The molecule has 4 heteroatoms. The summed E-state index contributed by atoms with van der Waals surface area (Å²) in [5, 5.41) is 2.57. The summed E-state index contributed by atoms with van der Waals surface area (Å²) >= 11 is 0. The van der Waals surface area contributed by atoms with Crippen molar-refractivity contribution in [1.82, 2.24) is 5.32 Å². The van der Waals surface area contributed by atoms with Crippen LogP contribution in [0.5, 0.6) is 0 Å². The normalized spacial score (nSPS) is 12.8. The molecule has 0 aliphatic heterocycles. The number of carbonyl (C=O) groups is 2. The van der Waals surface area contributed by atoms with Crippen molar-refractivity contribution in [2.24, 2.45) is 5.92 Å². The second kappa shape index (κ2) is 5.62. The lowest BCUT2D eigenvalue weighted by atomic mass is 10.0. The van der Waals surface area contributed by atoms with Crippen LogP contribution < -0.4 is 5.32 Å². The van der Waals surface area contributed by atoms with Crippen LogP contribution in [0.2, 0.25) is 0 Å². The molecule has 0 saturated carbocycles. The Bertz CT molecular complexity index is 211. The van der Waals surface area contributed by atoms with E-state index in [9.17, 15) is 9.59 Å². The molecule has 0 aromatic rings. The van der Waals surface area contributed by atoms with Crippen molar-refractivity contribution in [1.29, 1.82) is 0 Å². The highest BCUT2D eigenvalue weighted by atomic mass is 16.5. The van der Waals surface area contributed by atoms with E-state index in [1.165, 1.54) is 6.92 Å². The zero-order chi connectivity index (χ0) is 11.3. The third kappa shape index (κ3) is 4.84. The van der Waals surface area contributed by atoms with Gasteiger partial charge in [0.2, 0.25) is 5.91 Å². The molecule has 0 aromatic heterocycles. The highest BCUT2D eigenvalue weighted by Crippen LogP contribution is 2.05. The zero-order valence-electron chi connectivity index (χ0n) is 9.46. The fraction of sp³-hybridized carbons (Fsp3) is 0.800. The molecule has 0 spiro atoms. The van der Waals surface area contributed by atoms with Crippen molar-refractivity contribution in [3.8, 4) is 0 Å². The predicted octanol–water partition coefficient (Wildman–Crippen LogP) is 1.10. The third-order valence-electron chi connectivity index (χ3n) is 1.63. The topological polar surface area (TPSA) is 55.4 Å². The van der Waals surface area contributed by atoms with Gasteiger partial charge in [-0.25, -0.2) is 4.79 Å². The minimum absolute atomic E-state index is 0.0325. The first-order valence-corrected chi connectivity index (χ1v) is 4.82. The Morgan fingerprint density at radius 3 is 1.93 bits per heavy atom. The Labute approximate surface area is 85.0 Å². The molecule has 0 rings (SSSR count). The Kier molecular flexibility index (Phi) is 5.20. The molecule has 0 saturated heterocycles. The second-order valence-corrected chi connectivity index (χ2v) is 3.91. The lowest BCUT2D eigenvalue weighted by Crippen LogP contribution is -2.45. The first-order valence-electron chi connectivity index (χ1n) is 4.82. The van der Waals surface area contributed by atoms with Gasteiger partial charge in [-0.1, -0.05) is 13.8 Å². The van der Waals surface area contributed by atoms with Gasteiger partial charge in [0, 0.05) is 6.92 Å². The van der Waals surface area contributed by atoms with Crippen molar-refractivity contribution in [3.63, 3.8) is 0 Å². The summed E-state index contributed by atoms with van der Waals surface area (Å²) in [6.07, 6.45) is -0.155. The number of nitrogens with one attached hydrogen (secondary N) is 1. The Morgan fingerprint density at radius 1 is 1.14 bits per heavy atom. The first-order chi connectivity index (χ1) is 6.34. The number of hydrogen-bond acceptors (Lipinski definition) is 3. The largest absolute Gasteiger partial charge is 0.461 e.